The van der Waals surface area contributed by atoms with Crippen molar-refractivity contribution in [1.82, 2.24) is 9.80 Å². The number of hydrogen-bond donors (Lipinski definition) is 0. The van der Waals surface area contributed by atoms with Gasteiger partial charge in [0.05, 0.1) is 25.3 Å². The molecule has 0 bridgehead atoms. The molecule has 1 atom stereocenters. The van der Waals surface area contributed by atoms with Gasteiger partial charge in [-0.2, -0.15) is 0 Å². The van der Waals surface area contributed by atoms with Gasteiger partial charge in [-0.1, -0.05) is 6.07 Å². The number of fused-ring (bicyclic) bond motifs is 1. The minimum Gasteiger partial charge on any atom is -0.486 e. The molecule has 0 aliphatic carbocycles. The molecule has 0 radical (unpaired) electrons. The highest BCUT2D eigenvalue weighted by Gasteiger charge is 2.49. The molecule has 6 heteroatoms. The molecule has 0 aromatic heterocycles. The molecule has 1 spiro atoms. The number of likely N-dealkylation sites (tertiary alicyclic amines) is 2. The Morgan fingerprint density at radius 2 is 1.96 bits per heavy atom. The molecule has 1 amide bonds. The molecule has 0 N–H and O–H groups in total. The summed E-state index contributed by atoms with van der Waals surface area (Å²) in [4.78, 5) is 17.4. The van der Waals surface area contributed by atoms with Crippen LogP contribution >= 0.6 is 0 Å². The van der Waals surface area contributed by atoms with Crippen molar-refractivity contribution < 1.29 is 19.0 Å². The molecular weight excluding hydrogens is 344 g/mol. The summed E-state index contributed by atoms with van der Waals surface area (Å²) in [6.45, 7) is 6.89. The molecule has 4 aliphatic rings. The van der Waals surface area contributed by atoms with Crippen LogP contribution in [0.5, 0.6) is 11.5 Å². The molecule has 5 rings (SSSR count). The van der Waals surface area contributed by atoms with Gasteiger partial charge in [-0.15, -0.1) is 0 Å². The summed E-state index contributed by atoms with van der Waals surface area (Å²) in [7, 11) is 0. The minimum atomic E-state index is -0.122. The quantitative estimate of drug-likeness (QED) is 0.814. The van der Waals surface area contributed by atoms with Crippen molar-refractivity contribution >= 4 is 5.91 Å². The average Bonchev–Trinajstić information content (AvgIpc) is 3.19. The van der Waals surface area contributed by atoms with E-state index in [-0.39, 0.29) is 11.5 Å². The highest BCUT2D eigenvalue weighted by molar-refractivity contribution is 5.98. The highest BCUT2D eigenvalue weighted by Crippen LogP contribution is 2.39. The number of benzene rings is 1. The summed E-state index contributed by atoms with van der Waals surface area (Å²) >= 11 is 0. The fraction of sp³-hybridized carbons (Fsp3) is 0.667. The average molecular weight is 372 g/mol. The van der Waals surface area contributed by atoms with Gasteiger partial charge >= 0.3 is 0 Å². The largest absolute Gasteiger partial charge is 0.486 e. The van der Waals surface area contributed by atoms with Crippen LogP contribution in [0.2, 0.25) is 0 Å². The summed E-state index contributed by atoms with van der Waals surface area (Å²) in [6, 6.07) is 5.54. The predicted molar refractivity (Wildman–Crippen MR) is 100 cm³/mol. The first-order valence-electron chi connectivity index (χ1n) is 10.3. The summed E-state index contributed by atoms with van der Waals surface area (Å²) in [5.74, 6) is 1.92. The number of carbonyl (C=O) groups excluding carboxylic acids is 1. The number of para-hydroxylation sites is 1. The Labute approximate surface area is 160 Å². The Morgan fingerprint density at radius 3 is 2.74 bits per heavy atom. The number of hydrogen-bond acceptors (Lipinski definition) is 5. The second kappa shape index (κ2) is 6.99. The molecule has 27 heavy (non-hydrogen) atoms. The van der Waals surface area contributed by atoms with Gasteiger partial charge in [-0.3, -0.25) is 4.79 Å². The van der Waals surface area contributed by atoms with Crippen molar-refractivity contribution in [3.05, 3.63) is 23.8 Å². The Balaban J connectivity index is 1.17. The first kappa shape index (κ1) is 17.3. The Bertz CT molecular complexity index is 700. The predicted octanol–water partition coefficient (Wildman–Crippen LogP) is 2.17. The van der Waals surface area contributed by atoms with Crippen LogP contribution in [0.25, 0.3) is 0 Å². The van der Waals surface area contributed by atoms with Crippen molar-refractivity contribution in [2.24, 2.45) is 5.92 Å². The Hall–Kier alpha value is -1.79. The normalized spacial score (nSPS) is 26.8. The van der Waals surface area contributed by atoms with E-state index in [1.165, 1.54) is 38.9 Å². The van der Waals surface area contributed by atoms with Gasteiger partial charge < -0.3 is 24.0 Å². The number of rotatable bonds is 3. The summed E-state index contributed by atoms with van der Waals surface area (Å²) < 4.78 is 17.6. The van der Waals surface area contributed by atoms with E-state index in [1.807, 2.05) is 23.1 Å². The summed E-state index contributed by atoms with van der Waals surface area (Å²) in [5.41, 5.74) is 0.480. The molecule has 146 valence electrons. The van der Waals surface area contributed by atoms with Gasteiger partial charge in [0.25, 0.3) is 5.91 Å². The standard InChI is InChI=1S/C21H28N2O4/c24-20(17-4-3-5-18-19(17)26-11-10-25-18)23-14-21(15-23)7-6-16(13-27-21)12-22-8-1-2-9-22/h3-5,16H,1-2,6-15H2. The SMILES string of the molecule is O=C(c1cccc2c1OCCO2)N1CC2(CCC(CN3CCCC3)CO2)C1. The van der Waals surface area contributed by atoms with E-state index < -0.39 is 0 Å². The second-order valence-electron chi connectivity index (χ2n) is 8.40. The van der Waals surface area contributed by atoms with Crippen LogP contribution in [-0.2, 0) is 4.74 Å². The highest BCUT2D eigenvalue weighted by atomic mass is 16.6. The van der Waals surface area contributed by atoms with Crippen LogP contribution in [0.1, 0.15) is 36.0 Å². The maximum atomic E-state index is 12.9. The third-order valence-electron chi connectivity index (χ3n) is 6.39. The maximum absolute atomic E-state index is 12.9. The monoisotopic (exact) mass is 372 g/mol. The topological polar surface area (TPSA) is 51.2 Å². The van der Waals surface area contributed by atoms with Crippen LogP contribution in [0.4, 0.5) is 0 Å². The lowest BCUT2D eigenvalue weighted by Crippen LogP contribution is -2.66. The molecule has 3 saturated heterocycles. The lowest BCUT2D eigenvalue weighted by molar-refractivity contribution is -0.168. The van der Waals surface area contributed by atoms with Crippen LogP contribution < -0.4 is 9.47 Å². The fourth-order valence-corrected chi connectivity index (χ4v) is 4.85. The van der Waals surface area contributed by atoms with Crippen LogP contribution in [0.3, 0.4) is 0 Å². The maximum Gasteiger partial charge on any atom is 0.257 e. The zero-order chi connectivity index (χ0) is 18.3. The van der Waals surface area contributed by atoms with E-state index in [2.05, 4.69) is 4.90 Å². The molecule has 3 fully saturated rings. The van der Waals surface area contributed by atoms with Crippen LogP contribution in [-0.4, -0.2) is 73.9 Å². The summed E-state index contributed by atoms with van der Waals surface area (Å²) in [6.07, 6.45) is 4.94. The first-order valence-corrected chi connectivity index (χ1v) is 10.3. The smallest absolute Gasteiger partial charge is 0.257 e. The van der Waals surface area contributed by atoms with Gasteiger partial charge in [0, 0.05) is 6.54 Å². The van der Waals surface area contributed by atoms with Gasteiger partial charge in [-0.05, 0) is 56.8 Å². The number of ether oxygens (including phenoxy) is 3. The van der Waals surface area contributed by atoms with Gasteiger partial charge in [-0.25, -0.2) is 0 Å². The molecule has 4 heterocycles. The van der Waals surface area contributed by atoms with Gasteiger partial charge in [0.15, 0.2) is 11.5 Å². The minimum absolute atomic E-state index is 0.0192. The van der Waals surface area contributed by atoms with Gasteiger partial charge in [0.2, 0.25) is 0 Å². The van der Waals surface area contributed by atoms with E-state index in [4.69, 9.17) is 14.2 Å². The number of amides is 1. The Morgan fingerprint density at radius 1 is 1.15 bits per heavy atom. The van der Waals surface area contributed by atoms with E-state index >= 15 is 0 Å². The van der Waals surface area contributed by atoms with Gasteiger partial charge in [0.1, 0.15) is 18.8 Å². The Kier molecular flexibility index (Phi) is 4.48. The van der Waals surface area contributed by atoms with Crippen molar-refractivity contribution in [3.8, 4) is 11.5 Å². The van der Waals surface area contributed by atoms with Crippen molar-refractivity contribution in [2.45, 2.75) is 31.3 Å². The molecule has 4 aliphatic heterocycles. The molecule has 1 unspecified atom stereocenters. The fourth-order valence-electron chi connectivity index (χ4n) is 4.85. The number of carbonyl (C=O) groups is 1. The van der Waals surface area contributed by atoms with Crippen molar-refractivity contribution in [2.75, 3.05) is 52.5 Å². The second-order valence-corrected chi connectivity index (χ2v) is 8.40. The molecule has 0 saturated carbocycles. The zero-order valence-corrected chi connectivity index (χ0v) is 15.8. The lowest BCUT2D eigenvalue weighted by atomic mass is 9.82. The summed E-state index contributed by atoms with van der Waals surface area (Å²) in [5, 5.41) is 0. The molecule has 1 aromatic rings. The first-order chi connectivity index (χ1) is 13.2. The number of nitrogens with zero attached hydrogens (tertiary/aromatic N) is 2. The molecular formula is C21H28N2O4. The van der Waals surface area contributed by atoms with E-state index in [0.29, 0.717) is 49.3 Å². The molecule has 1 aromatic carbocycles. The third-order valence-corrected chi connectivity index (χ3v) is 6.39. The molecule has 6 nitrogen and oxygen atoms in total. The van der Waals surface area contributed by atoms with E-state index in [1.54, 1.807) is 0 Å². The van der Waals surface area contributed by atoms with Crippen LogP contribution in [0, 0.1) is 5.92 Å². The lowest BCUT2D eigenvalue weighted by Gasteiger charge is -2.53. The van der Waals surface area contributed by atoms with Crippen molar-refractivity contribution in [3.63, 3.8) is 0 Å². The third kappa shape index (κ3) is 3.29. The zero-order valence-electron chi connectivity index (χ0n) is 15.8. The van der Waals surface area contributed by atoms with Crippen molar-refractivity contribution in [1.29, 1.82) is 0 Å². The van der Waals surface area contributed by atoms with E-state index in [9.17, 15) is 4.79 Å². The van der Waals surface area contributed by atoms with Crippen LogP contribution in [0.15, 0.2) is 18.2 Å². The van der Waals surface area contributed by atoms with E-state index in [0.717, 1.165) is 13.0 Å².